The van der Waals surface area contributed by atoms with Gasteiger partial charge in [-0.1, -0.05) is 0 Å². The van der Waals surface area contributed by atoms with Gasteiger partial charge in [0.15, 0.2) is 0 Å². The normalized spacial score (nSPS) is 49.6. The second-order valence-corrected chi connectivity index (χ2v) is 7.92. The number of rotatable bonds is 4. The molecule has 1 unspecified atom stereocenters. The molecule has 0 heterocycles. The van der Waals surface area contributed by atoms with Crippen LogP contribution < -0.4 is 5.32 Å². The first kappa shape index (κ1) is 10.8. The Bertz CT molecular complexity index is 269. The topological polar surface area (TPSA) is 12.0 Å². The van der Waals surface area contributed by atoms with Gasteiger partial charge in [-0.05, 0) is 87.4 Å². The highest BCUT2D eigenvalue weighted by Crippen LogP contribution is 2.59. The van der Waals surface area contributed by atoms with Gasteiger partial charge in [0.25, 0.3) is 0 Å². The van der Waals surface area contributed by atoms with Crippen LogP contribution in [0, 0.1) is 29.1 Å². The van der Waals surface area contributed by atoms with Gasteiger partial charge in [-0.15, -0.1) is 0 Å². The Morgan fingerprint density at radius 2 is 1.53 bits per heavy atom. The molecule has 5 aliphatic carbocycles. The van der Waals surface area contributed by atoms with E-state index in [4.69, 9.17) is 0 Å². The van der Waals surface area contributed by atoms with Gasteiger partial charge >= 0.3 is 0 Å². The molecule has 96 valence electrons. The molecule has 4 bridgehead atoms. The fraction of sp³-hybridized carbons (Fsp3) is 1.00. The highest BCUT2D eigenvalue weighted by molar-refractivity contribution is 5.02. The summed E-state index contributed by atoms with van der Waals surface area (Å²) in [6, 6.07) is 0.794. The predicted molar refractivity (Wildman–Crippen MR) is 70.8 cm³/mol. The molecule has 0 aromatic rings. The van der Waals surface area contributed by atoms with Gasteiger partial charge < -0.3 is 5.32 Å². The number of nitrogens with one attached hydrogen (secondary N) is 1. The Morgan fingerprint density at radius 1 is 1.00 bits per heavy atom. The summed E-state index contributed by atoms with van der Waals surface area (Å²) in [7, 11) is 0. The molecule has 17 heavy (non-hydrogen) atoms. The lowest BCUT2D eigenvalue weighted by atomic mass is 9.49. The maximum absolute atomic E-state index is 3.90. The first-order valence-corrected chi connectivity index (χ1v) is 7.96. The van der Waals surface area contributed by atoms with Crippen LogP contribution in [0.5, 0.6) is 0 Å². The summed E-state index contributed by atoms with van der Waals surface area (Å²) in [6.07, 6.45) is 12.4. The maximum atomic E-state index is 3.90. The van der Waals surface area contributed by atoms with Gasteiger partial charge in [-0.3, -0.25) is 0 Å². The van der Waals surface area contributed by atoms with Crippen molar-refractivity contribution < 1.29 is 0 Å². The molecule has 5 fully saturated rings. The molecular weight excluding hydrogens is 206 g/mol. The highest BCUT2D eigenvalue weighted by Gasteiger charge is 2.50. The maximum Gasteiger partial charge on any atom is 0.00672 e. The van der Waals surface area contributed by atoms with Crippen LogP contribution in [0.4, 0.5) is 0 Å². The van der Waals surface area contributed by atoms with Crippen molar-refractivity contribution in [1.82, 2.24) is 5.32 Å². The molecule has 0 saturated heterocycles. The van der Waals surface area contributed by atoms with Crippen molar-refractivity contribution in [1.29, 1.82) is 0 Å². The molecule has 1 atom stereocenters. The Hall–Kier alpha value is -0.0400. The van der Waals surface area contributed by atoms with Gasteiger partial charge in [-0.2, -0.15) is 0 Å². The molecule has 1 N–H and O–H groups in total. The molecule has 1 nitrogen and oxygen atoms in total. The molecule has 0 amide bonds. The molecule has 1 heteroatoms. The van der Waals surface area contributed by atoms with Gasteiger partial charge in [0.1, 0.15) is 0 Å². The lowest BCUT2D eigenvalue weighted by Crippen LogP contribution is -2.51. The van der Waals surface area contributed by atoms with Crippen molar-refractivity contribution in [3.63, 3.8) is 0 Å². The van der Waals surface area contributed by atoms with Gasteiger partial charge in [0, 0.05) is 12.6 Å². The SMILES string of the molecule is CC(NCC12CC3CC(CC(C3)C1)C2)C1CC1. The third-order valence-electron chi connectivity index (χ3n) is 6.29. The third-order valence-corrected chi connectivity index (χ3v) is 6.29. The van der Waals surface area contributed by atoms with Crippen LogP contribution in [0.15, 0.2) is 0 Å². The van der Waals surface area contributed by atoms with Crippen molar-refractivity contribution in [2.45, 2.75) is 64.3 Å². The van der Waals surface area contributed by atoms with E-state index in [1.54, 1.807) is 38.5 Å². The average Bonchev–Trinajstić information content (AvgIpc) is 3.07. The summed E-state index contributed by atoms with van der Waals surface area (Å²) in [5.74, 6) is 4.35. The Kier molecular flexibility index (Phi) is 2.38. The van der Waals surface area contributed by atoms with Crippen LogP contribution in [-0.2, 0) is 0 Å². The summed E-state index contributed by atoms with van der Waals surface area (Å²) >= 11 is 0. The lowest BCUT2D eigenvalue weighted by molar-refractivity contribution is -0.0525. The van der Waals surface area contributed by atoms with E-state index in [9.17, 15) is 0 Å². The molecular formula is C16H27N. The summed E-state index contributed by atoms with van der Waals surface area (Å²) in [4.78, 5) is 0. The van der Waals surface area contributed by atoms with Crippen molar-refractivity contribution in [3.8, 4) is 0 Å². The van der Waals surface area contributed by atoms with E-state index in [0.717, 1.165) is 35.1 Å². The largest absolute Gasteiger partial charge is 0.313 e. The molecule has 5 rings (SSSR count). The summed E-state index contributed by atoms with van der Waals surface area (Å²) < 4.78 is 0. The van der Waals surface area contributed by atoms with E-state index in [-0.39, 0.29) is 0 Å². The van der Waals surface area contributed by atoms with Crippen LogP contribution in [0.25, 0.3) is 0 Å². The fourth-order valence-corrected chi connectivity index (χ4v) is 5.65. The van der Waals surface area contributed by atoms with Gasteiger partial charge in [0.2, 0.25) is 0 Å². The molecule has 0 aliphatic heterocycles. The first-order valence-electron chi connectivity index (χ1n) is 7.96. The zero-order valence-electron chi connectivity index (χ0n) is 11.3. The summed E-state index contributed by atoms with van der Waals surface area (Å²) in [6.45, 7) is 3.76. The number of hydrogen-bond acceptors (Lipinski definition) is 1. The zero-order valence-corrected chi connectivity index (χ0v) is 11.3. The van der Waals surface area contributed by atoms with Gasteiger partial charge in [-0.25, -0.2) is 0 Å². The van der Waals surface area contributed by atoms with E-state index < -0.39 is 0 Å². The molecule has 5 saturated carbocycles. The monoisotopic (exact) mass is 233 g/mol. The molecule has 0 radical (unpaired) electrons. The zero-order chi connectivity index (χ0) is 11.5. The summed E-state index contributed by atoms with van der Waals surface area (Å²) in [5, 5.41) is 3.90. The van der Waals surface area contributed by atoms with E-state index >= 15 is 0 Å². The lowest BCUT2D eigenvalue weighted by Gasteiger charge is -2.57. The summed E-state index contributed by atoms with van der Waals surface area (Å²) in [5.41, 5.74) is 0.734. The van der Waals surface area contributed by atoms with Crippen LogP contribution in [0.3, 0.4) is 0 Å². The van der Waals surface area contributed by atoms with Crippen molar-refractivity contribution in [2.75, 3.05) is 6.54 Å². The number of hydrogen-bond donors (Lipinski definition) is 1. The molecule has 5 aliphatic rings. The fourth-order valence-electron chi connectivity index (χ4n) is 5.65. The van der Waals surface area contributed by atoms with E-state index in [2.05, 4.69) is 12.2 Å². The third kappa shape index (κ3) is 1.95. The molecule has 0 aromatic heterocycles. The Morgan fingerprint density at radius 3 is 2.00 bits per heavy atom. The first-order chi connectivity index (χ1) is 8.22. The van der Waals surface area contributed by atoms with Crippen molar-refractivity contribution in [3.05, 3.63) is 0 Å². The van der Waals surface area contributed by atoms with Crippen LogP contribution in [-0.4, -0.2) is 12.6 Å². The second-order valence-electron chi connectivity index (χ2n) is 7.92. The minimum Gasteiger partial charge on any atom is -0.313 e. The van der Waals surface area contributed by atoms with Crippen molar-refractivity contribution >= 4 is 0 Å². The standard InChI is InChI=1S/C16H27N/c1-11(15-2-3-15)17-10-16-7-12-4-13(8-16)6-14(5-12)9-16/h11-15,17H,2-10H2,1H3. The predicted octanol–water partition coefficient (Wildman–Crippen LogP) is 3.59. The quantitative estimate of drug-likeness (QED) is 0.782. The average molecular weight is 233 g/mol. The molecule has 0 aromatic carbocycles. The smallest absolute Gasteiger partial charge is 0.00672 e. The van der Waals surface area contributed by atoms with Crippen LogP contribution in [0.2, 0.25) is 0 Å². The second kappa shape index (κ2) is 3.73. The Labute approximate surface area is 106 Å². The minimum absolute atomic E-state index is 0.734. The van der Waals surface area contributed by atoms with Crippen LogP contribution >= 0.6 is 0 Å². The van der Waals surface area contributed by atoms with E-state index in [1.165, 1.54) is 19.4 Å². The van der Waals surface area contributed by atoms with E-state index in [0.29, 0.717) is 0 Å². The Balaban J connectivity index is 1.42. The van der Waals surface area contributed by atoms with Crippen molar-refractivity contribution in [2.24, 2.45) is 29.1 Å². The minimum atomic E-state index is 0.734. The van der Waals surface area contributed by atoms with Gasteiger partial charge in [0.05, 0.1) is 0 Å². The van der Waals surface area contributed by atoms with Crippen LogP contribution in [0.1, 0.15) is 58.3 Å². The molecule has 0 spiro atoms. The van der Waals surface area contributed by atoms with E-state index in [1.807, 2.05) is 0 Å². The highest BCUT2D eigenvalue weighted by atomic mass is 14.9.